The molecule has 0 bridgehead atoms. The minimum atomic E-state index is -0.461. The van der Waals surface area contributed by atoms with Crippen LogP contribution in [0.25, 0.3) is 0 Å². The number of benzene rings is 1. The second-order valence-corrected chi connectivity index (χ2v) is 4.77. The van der Waals surface area contributed by atoms with Crippen molar-refractivity contribution < 1.29 is 19.1 Å². The van der Waals surface area contributed by atoms with E-state index in [-0.39, 0.29) is 24.4 Å². The van der Waals surface area contributed by atoms with Crippen LogP contribution in [0.1, 0.15) is 30.6 Å². The predicted molar refractivity (Wildman–Crippen MR) is 88.0 cm³/mol. The fraction of sp³-hybridized carbons (Fsp3) is 0.467. The zero-order chi connectivity index (χ0) is 15.8. The number of carbonyl (C=O) groups excluding carboxylic acids is 2. The molecule has 0 aliphatic rings. The first-order chi connectivity index (χ1) is 9.97. The topological polar surface area (TPSA) is 76.7 Å². The molecule has 1 aromatic rings. The Hall–Kier alpha value is -1.79. The Morgan fingerprint density at radius 3 is 2.50 bits per heavy atom. The normalized spacial score (nSPS) is 9.86. The molecule has 1 aromatic carbocycles. The van der Waals surface area contributed by atoms with Crippen LogP contribution in [0, 0.1) is 0 Å². The molecule has 1 amide bonds. The van der Waals surface area contributed by atoms with E-state index < -0.39 is 5.97 Å². The van der Waals surface area contributed by atoms with Crippen LogP contribution in [-0.4, -0.2) is 38.7 Å². The predicted octanol–water partition coefficient (Wildman–Crippen LogP) is 2.23. The number of hydrogen-bond acceptors (Lipinski definition) is 5. The van der Waals surface area contributed by atoms with Gasteiger partial charge >= 0.3 is 5.97 Å². The molecule has 0 spiro atoms. The van der Waals surface area contributed by atoms with E-state index in [4.69, 9.17) is 4.74 Å². The summed E-state index contributed by atoms with van der Waals surface area (Å²) in [6.45, 7) is 4.35. The summed E-state index contributed by atoms with van der Waals surface area (Å²) >= 11 is 0. The second-order valence-electron chi connectivity index (χ2n) is 4.77. The molecule has 0 fully saturated rings. The van der Waals surface area contributed by atoms with Crippen LogP contribution in [0.3, 0.4) is 0 Å². The lowest BCUT2D eigenvalue weighted by atomic mass is 10.1. The molecule has 6 nitrogen and oxygen atoms in total. The van der Waals surface area contributed by atoms with E-state index in [9.17, 15) is 9.59 Å². The van der Waals surface area contributed by atoms with Crippen molar-refractivity contribution in [1.29, 1.82) is 0 Å². The minimum absolute atomic E-state index is 0. The van der Waals surface area contributed by atoms with Crippen LogP contribution >= 0.6 is 12.4 Å². The molecular formula is C15H23ClN2O4. The molecule has 1 rings (SSSR count). The lowest BCUT2D eigenvalue weighted by Crippen LogP contribution is -2.20. The third kappa shape index (κ3) is 6.32. The van der Waals surface area contributed by atoms with Gasteiger partial charge in [-0.3, -0.25) is 4.79 Å². The number of halogens is 1. The fourth-order valence-electron chi connectivity index (χ4n) is 1.68. The van der Waals surface area contributed by atoms with Crippen molar-refractivity contribution in [2.45, 2.75) is 26.4 Å². The van der Waals surface area contributed by atoms with Crippen LogP contribution in [0.2, 0.25) is 0 Å². The van der Waals surface area contributed by atoms with Crippen molar-refractivity contribution in [3.8, 4) is 5.75 Å². The summed E-state index contributed by atoms with van der Waals surface area (Å²) < 4.78 is 10.3. The van der Waals surface area contributed by atoms with Gasteiger partial charge in [-0.1, -0.05) is 0 Å². The van der Waals surface area contributed by atoms with Gasteiger partial charge in [0.05, 0.1) is 24.5 Å². The molecule has 0 heterocycles. The molecule has 0 atom stereocenters. The maximum Gasteiger partial charge on any atom is 0.337 e. The number of ether oxygens (including phenoxy) is 2. The summed E-state index contributed by atoms with van der Waals surface area (Å²) in [6.07, 6.45) is 0.294. The lowest BCUT2D eigenvalue weighted by Gasteiger charge is -2.16. The van der Waals surface area contributed by atoms with Gasteiger partial charge in [0.25, 0.3) is 0 Å². The highest BCUT2D eigenvalue weighted by Gasteiger charge is 2.13. The Labute approximate surface area is 137 Å². The number of amides is 1. The number of hydrogen-bond donors (Lipinski definition) is 2. The second kappa shape index (κ2) is 10.0. The van der Waals surface area contributed by atoms with Gasteiger partial charge in [-0.05, 0) is 39.1 Å². The molecule has 0 aromatic heterocycles. The third-order valence-corrected chi connectivity index (χ3v) is 2.64. The third-order valence-electron chi connectivity index (χ3n) is 2.64. The molecule has 0 aliphatic heterocycles. The Balaban J connectivity index is 0.00000441. The van der Waals surface area contributed by atoms with Gasteiger partial charge in [0.1, 0.15) is 5.75 Å². The quantitative estimate of drug-likeness (QED) is 0.750. The SMILES string of the molecule is CNCCC(=O)Nc1cc(C(=O)OC)ccc1OC(C)C.Cl. The van der Waals surface area contributed by atoms with Crippen LogP contribution in [0.5, 0.6) is 5.75 Å². The largest absolute Gasteiger partial charge is 0.489 e. The van der Waals surface area contributed by atoms with Crippen LogP contribution in [0.4, 0.5) is 5.69 Å². The van der Waals surface area contributed by atoms with Crippen molar-refractivity contribution in [1.82, 2.24) is 5.32 Å². The monoisotopic (exact) mass is 330 g/mol. The Morgan fingerprint density at radius 1 is 1.27 bits per heavy atom. The van der Waals surface area contributed by atoms with Crippen LogP contribution in [0.15, 0.2) is 18.2 Å². The minimum Gasteiger partial charge on any atom is -0.489 e. The Morgan fingerprint density at radius 2 is 1.95 bits per heavy atom. The number of rotatable bonds is 7. The number of nitrogens with one attached hydrogen (secondary N) is 2. The first kappa shape index (κ1) is 20.2. The molecule has 124 valence electrons. The van der Waals surface area contributed by atoms with Gasteiger partial charge in [-0.2, -0.15) is 0 Å². The van der Waals surface area contributed by atoms with E-state index in [0.29, 0.717) is 30.0 Å². The van der Waals surface area contributed by atoms with Gasteiger partial charge in [-0.25, -0.2) is 4.79 Å². The van der Waals surface area contributed by atoms with E-state index >= 15 is 0 Å². The van der Waals surface area contributed by atoms with Gasteiger partial charge in [-0.15, -0.1) is 12.4 Å². The first-order valence-electron chi connectivity index (χ1n) is 6.81. The molecule has 22 heavy (non-hydrogen) atoms. The summed E-state index contributed by atoms with van der Waals surface area (Å²) in [5.74, 6) is -0.0905. The number of carbonyl (C=O) groups is 2. The maximum atomic E-state index is 11.8. The fourth-order valence-corrected chi connectivity index (χ4v) is 1.68. The van der Waals surface area contributed by atoms with Crippen molar-refractivity contribution >= 4 is 30.0 Å². The molecule has 0 saturated heterocycles. The van der Waals surface area contributed by atoms with Crippen molar-refractivity contribution in [3.05, 3.63) is 23.8 Å². The van der Waals surface area contributed by atoms with Crippen molar-refractivity contribution in [3.63, 3.8) is 0 Å². The van der Waals surface area contributed by atoms with Gasteiger partial charge < -0.3 is 20.1 Å². The summed E-state index contributed by atoms with van der Waals surface area (Å²) in [7, 11) is 3.09. The standard InChI is InChI=1S/C15H22N2O4.ClH/c1-10(2)21-13-6-5-11(15(19)20-4)9-12(13)17-14(18)7-8-16-3;/h5-6,9-10,16H,7-8H2,1-4H3,(H,17,18);1H. The van der Waals surface area contributed by atoms with E-state index in [1.165, 1.54) is 7.11 Å². The van der Waals surface area contributed by atoms with Gasteiger partial charge in [0.2, 0.25) is 5.91 Å². The molecule has 0 saturated carbocycles. The molecular weight excluding hydrogens is 308 g/mol. The Bertz CT molecular complexity index is 506. The van der Waals surface area contributed by atoms with Gasteiger partial charge in [0, 0.05) is 13.0 Å². The van der Waals surface area contributed by atoms with E-state index in [1.54, 1.807) is 25.2 Å². The average Bonchev–Trinajstić information content (AvgIpc) is 2.45. The average molecular weight is 331 g/mol. The Kier molecular flexibility index (Phi) is 9.21. The van der Waals surface area contributed by atoms with Crippen LogP contribution in [-0.2, 0) is 9.53 Å². The lowest BCUT2D eigenvalue weighted by molar-refractivity contribution is -0.116. The molecule has 0 unspecified atom stereocenters. The van der Waals surface area contributed by atoms with Crippen molar-refractivity contribution in [2.24, 2.45) is 0 Å². The highest BCUT2D eigenvalue weighted by atomic mass is 35.5. The molecule has 2 N–H and O–H groups in total. The summed E-state index contributed by atoms with van der Waals surface area (Å²) in [5.41, 5.74) is 0.824. The number of methoxy groups -OCH3 is 1. The highest BCUT2D eigenvalue weighted by Crippen LogP contribution is 2.27. The zero-order valence-corrected chi connectivity index (χ0v) is 14.1. The highest BCUT2D eigenvalue weighted by molar-refractivity contribution is 5.96. The number of esters is 1. The number of anilines is 1. The smallest absolute Gasteiger partial charge is 0.337 e. The molecule has 7 heteroatoms. The molecule has 0 radical (unpaired) electrons. The summed E-state index contributed by atoms with van der Waals surface area (Å²) in [5, 5.41) is 5.66. The summed E-state index contributed by atoms with van der Waals surface area (Å²) in [4.78, 5) is 23.4. The van der Waals surface area contributed by atoms with Crippen molar-refractivity contribution in [2.75, 3.05) is 26.0 Å². The van der Waals surface area contributed by atoms with E-state index in [1.807, 2.05) is 13.8 Å². The maximum absolute atomic E-state index is 11.8. The van der Waals surface area contributed by atoms with E-state index in [0.717, 1.165) is 0 Å². The zero-order valence-electron chi connectivity index (χ0n) is 13.3. The van der Waals surface area contributed by atoms with E-state index in [2.05, 4.69) is 15.4 Å². The molecule has 0 aliphatic carbocycles. The van der Waals surface area contributed by atoms with Gasteiger partial charge in [0.15, 0.2) is 0 Å². The van der Waals surface area contributed by atoms with Crippen LogP contribution < -0.4 is 15.4 Å². The summed E-state index contributed by atoms with van der Waals surface area (Å²) in [6, 6.07) is 4.81. The first-order valence-corrected chi connectivity index (χ1v) is 6.81.